The fourth-order valence-electron chi connectivity index (χ4n) is 1.86. The number of carboxylic acid groups (broad SMARTS) is 1. The summed E-state index contributed by atoms with van der Waals surface area (Å²) in [6, 6.07) is 7.87. The largest absolute Gasteiger partial charge is 0.490 e. The van der Waals surface area contributed by atoms with Crippen molar-refractivity contribution < 1.29 is 19.6 Å². The van der Waals surface area contributed by atoms with Gasteiger partial charge >= 0.3 is 11.7 Å². The summed E-state index contributed by atoms with van der Waals surface area (Å²) in [4.78, 5) is 21.6. The van der Waals surface area contributed by atoms with Crippen LogP contribution in [0.1, 0.15) is 10.4 Å². The Bertz CT molecular complexity index is 650. The number of nitrogens with zero attached hydrogens (tertiary/aromatic N) is 1. The van der Waals surface area contributed by atoms with E-state index in [0.29, 0.717) is 10.8 Å². The summed E-state index contributed by atoms with van der Waals surface area (Å²) in [5.74, 6) is -1.49. The Labute approximate surface area is 102 Å². The standard InChI is InChI=1S/C12H9NO5/c1-18-11-9(12(14)15)6-7-4-2-3-5-8(7)10(11)13(16)17/h2-6H,1H3,(H,14,15). The summed E-state index contributed by atoms with van der Waals surface area (Å²) in [5, 5.41) is 21.0. The molecule has 2 rings (SSSR count). The number of carboxylic acids is 1. The summed E-state index contributed by atoms with van der Waals surface area (Å²) in [7, 11) is 1.21. The number of benzene rings is 2. The molecule has 6 nitrogen and oxygen atoms in total. The molecule has 0 aliphatic heterocycles. The molecule has 18 heavy (non-hydrogen) atoms. The van der Waals surface area contributed by atoms with Gasteiger partial charge in [-0.15, -0.1) is 0 Å². The number of carbonyl (C=O) groups is 1. The molecule has 0 fully saturated rings. The molecule has 0 saturated carbocycles. The molecule has 92 valence electrons. The number of fused-ring (bicyclic) bond motifs is 1. The molecule has 0 atom stereocenters. The predicted octanol–water partition coefficient (Wildman–Crippen LogP) is 2.45. The summed E-state index contributed by atoms with van der Waals surface area (Å²) >= 11 is 0. The fraction of sp³-hybridized carbons (Fsp3) is 0.0833. The van der Waals surface area contributed by atoms with E-state index in [2.05, 4.69) is 0 Å². The van der Waals surface area contributed by atoms with E-state index in [0.717, 1.165) is 0 Å². The lowest BCUT2D eigenvalue weighted by atomic mass is 10.0. The molecule has 0 saturated heterocycles. The number of rotatable bonds is 3. The molecular formula is C12H9NO5. The lowest BCUT2D eigenvalue weighted by Gasteiger charge is -2.08. The van der Waals surface area contributed by atoms with Crippen molar-refractivity contribution in [3.63, 3.8) is 0 Å². The highest BCUT2D eigenvalue weighted by atomic mass is 16.6. The molecule has 0 unspecified atom stereocenters. The minimum Gasteiger partial charge on any atom is -0.490 e. The second-order valence-electron chi connectivity index (χ2n) is 3.59. The van der Waals surface area contributed by atoms with Crippen molar-refractivity contribution in [2.45, 2.75) is 0 Å². The van der Waals surface area contributed by atoms with Crippen molar-refractivity contribution in [3.05, 3.63) is 46.0 Å². The van der Waals surface area contributed by atoms with Crippen LogP contribution in [0.3, 0.4) is 0 Å². The van der Waals surface area contributed by atoms with Crippen LogP contribution in [0.5, 0.6) is 5.75 Å². The zero-order valence-corrected chi connectivity index (χ0v) is 9.41. The number of hydrogen-bond acceptors (Lipinski definition) is 4. The van der Waals surface area contributed by atoms with Gasteiger partial charge in [0.1, 0.15) is 5.56 Å². The van der Waals surface area contributed by atoms with E-state index in [4.69, 9.17) is 9.84 Å². The molecule has 0 spiro atoms. The third-order valence-electron chi connectivity index (χ3n) is 2.59. The smallest absolute Gasteiger partial charge is 0.339 e. The SMILES string of the molecule is COc1c(C(=O)O)cc2ccccc2c1[N+](=O)[O-]. The van der Waals surface area contributed by atoms with Crippen molar-refractivity contribution in [2.24, 2.45) is 0 Å². The van der Waals surface area contributed by atoms with E-state index in [1.165, 1.54) is 13.2 Å². The first-order valence-electron chi connectivity index (χ1n) is 5.03. The summed E-state index contributed by atoms with van der Waals surface area (Å²) in [6.45, 7) is 0. The van der Waals surface area contributed by atoms with Gasteiger partial charge in [0.05, 0.1) is 17.4 Å². The molecule has 0 aliphatic rings. The van der Waals surface area contributed by atoms with Crippen molar-refractivity contribution in [3.8, 4) is 5.75 Å². The van der Waals surface area contributed by atoms with Crippen LogP contribution in [0.15, 0.2) is 30.3 Å². The van der Waals surface area contributed by atoms with Crippen molar-refractivity contribution >= 4 is 22.4 Å². The summed E-state index contributed by atoms with van der Waals surface area (Å²) < 4.78 is 4.88. The van der Waals surface area contributed by atoms with Gasteiger partial charge in [-0.25, -0.2) is 4.79 Å². The fourth-order valence-corrected chi connectivity index (χ4v) is 1.86. The van der Waals surface area contributed by atoms with Gasteiger partial charge in [-0.2, -0.15) is 0 Å². The number of ether oxygens (including phenoxy) is 1. The quantitative estimate of drug-likeness (QED) is 0.664. The van der Waals surface area contributed by atoms with E-state index in [1.54, 1.807) is 24.3 Å². The third kappa shape index (κ3) is 1.73. The van der Waals surface area contributed by atoms with Crippen LogP contribution in [-0.4, -0.2) is 23.1 Å². The highest BCUT2D eigenvalue weighted by Gasteiger charge is 2.26. The number of nitro groups is 1. The van der Waals surface area contributed by atoms with Gasteiger partial charge < -0.3 is 9.84 Å². The van der Waals surface area contributed by atoms with Gasteiger partial charge in [0, 0.05) is 0 Å². The lowest BCUT2D eigenvalue weighted by molar-refractivity contribution is -0.384. The Morgan fingerprint density at radius 2 is 2.06 bits per heavy atom. The van der Waals surface area contributed by atoms with Gasteiger partial charge in [0.15, 0.2) is 0 Å². The highest BCUT2D eigenvalue weighted by molar-refractivity contribution is 6.03. The molecule has 0 bridgehead atoms. The average molecular weight is 247 g/mol. The van der Waals surface area contributed by atoms with E-state index in [-0.39, 0.29) is 17.0 Å². The topological polar surface area (TPSA) is 89.7 Å². The first-order chi connectivity index (χ1) is 8.56. The Morgan fingerprint density at radius 1 is 1.39 bits per heavy atom. The van der Waals surface area contributed by atoms with Gasteiger partial charge in [-0.1, -0.05) is 18.2 Å². The van der Waals surface area contributed by atoms with Crippen LogP contribution in [0.25, 0.3) is 10.8 Å². The van der Waals surface area contributed by atoms with Gasteiger partial charge in [-0.05, 0) is 17.5 Å². The van der Waals surface area contributed by atoms with Gasteiger partial charge in [0.2, 0.25) is 5.75 Å². The van der Waals surface area contributed by atoms with Gasteiger partial charge in [-0.3, -0.25) is 10.1 Å². The molecular weight excluding hydrogens is 238 g/mol. The third-order valence-corrected chi connectivity index (χ3v) is 2.59. The van der Waals surface area contributed by atoms with Crippen LogP contribution in [0, 0.1) is 10.1 Å². The number of aromatic carboxylic acids is 1. The molecule has 0 aromatic heterocycles. The van der Waals surface area contributed by atoms with Crippen LogP contribution >= 0.6 is 0 Å². The van der Waals surface area contributed by atoms with Crippen LogP contribution < -0.4 is 4.74 Å². The van der Waals surface area contributed by atoms with Crippen LogP contribution in [0.2, 0.25) is 0 Å². The predicted molar refractivity (Wildman–Crippen MR) is 64.1 cm³/mol. The molecule has 0 heterocycles. The number of methoxy groups -OCH3 is 1. The molecule has 2 aromatic carbocycles. The maximum Gasteiger partial charge on any atom is 0.339 e. The van der Waals surface area contributed by atoms with Gasteiger partial charge in [0.25, 0.3) is 0 Å². The number of nitro benzene ring substituents is 1. The zero-order valence-electron chi connectivity index (χ0n) is 9.41. The van der Waals surface area contributed by atoms with Crippen molar-refractivity contribution in [1.82, 2.24) is 0 Å². The maximum atomic E-state index is 11.1. The maximum absolute atomic E-state index is 11.1. The van der Waals surface area contributed by atoms with E-state index >= 15 is 0 Å². The van der Waals surface area contributed by atoms with Crippen LogP contribution in [-0.2, 0) is 0 Å². The van der Waals surface area contributed by atoms with E-state index < -0.39 is 10.9 Å². The summed E-state index contributed by atoms with van der Waals surface area (Å²) in [5.41, 5.74) is -0.545. The van der Waals surface area contributed by atoms with Crippen molar-refractivity contribution in [2.75, 3.05) is 7.11 Å². The minimum atomic E-state index is -1.26. The molecule has 0 radical (unpaired) electrons. The Hall–Kier alpha value is -2.63. The second kappa shape index (κ2) is 4.33. The monoisotopic (exact) mass is 247 g/mol. The Morgan fingerprint density at radius 3 is 2.61 bits per heavy atom. The zero-order chi connectivity index (χ0) is 13.3. The normalized spacial score (nSPS) is 10.3. The van der Waals surface area contributed by atoms with E-state index in [9.17, 15) is 14.9 Å². The lowest BCUT2D eigenvalue weighted by Crippen LogP contribution is -2.04. The first-order valence-corrected chi connectivity index (χ1v) is 5.03. The first kappa shape index (κ1) is 11.8. The van der Waals surface area contributed by atoms with Crippen LogP contribution in [0.4, 0.5) is 5.69 Å². The molecule has 6 heteroatoms. The highest BCUT2D eigenvalue weighted by Crippen LogP contribution is 2.38. The number of hydrogen-bond donors (Lipinski definition) is 1. The van der Waals surface area contributed by atoms with E-state index in [1.807, 2.05) is 0 Å². The molecule has 1 N–H and O–H groups in total. The second-order valence-corrected chi connectivity index (χ2v) is 3.59. The van der Waals surface area contributed by atoms with Crippen molar-refractivity contribution in [1.29, 1.82) is 0 Å². The molecule has 0 amide bonds. The Balaban J connectivity index is 2.96. The molecule has 2 aromatic rings. The molecule has 0 aliphatic carbocycles. The minimum absolute atomic E-state index is 0.220. The summed E-state index contributed by atoms with van der Waals surface area (Å²) in [6.07, 6.45) is 0. The Kier molecular flexibility index (Phi) is 2.85. The average Bonchev–Trinajstić information content (AvgIpc) is 2.35.